The smallest absolute Gasteiger partial charge is 0.505 e. The fourth-order valence-electron chi connectivity index (χ4n) is 4.49. The number of para-hydroxylation sites is 1. The molecule has 5 rings (SSSR count). The molecular weight excluding hydrogens is 527 g/mol. The highest BCUT2D eigenvalue weighted by Gasteiger charge is 2.20. The third-order valence-corrected chi connectivity index (χ3v) is 6.58. The first kappa shape index (κ1) is 26.9. The molecule has 9 nitrogen and oxygen atoms in total. The third kappa shape index (κ3) is 5.16. The number of carbonyl (C=O) groups is 1. The van der Waals surface area contributed by atoms with Gasteiger partial charge in [0.2, 0.25) is 5.88 Å². The van der Waals surface area contributed by atoms with Gasteiger partial charge in [-0.05, 0) is 65.6 Å². The molecule has 0 fully saturated rings. The zero-order valence-electron chi connectivity index (χ0n) is 21.9. The van der Waals surface area contributed by atoms with E-state index in [0.29, 0.717) is 28.1 Å². The number of hydrogen-bond donors (Lipinski definition) is 3. The topological polar surface area (TPSA) is 140 Å². The number of halogens is 1. The lowest BCUT2D eigenvalue weighted by Crippen LogP contribution is -2.04. The molecule has 1 heterocycles. The van der Waals surface area contributed by atoms with Crippen LogP contribution in [-0.2, 0) is 0 Å². The molecule has 0 saturated heterocycles. The minimum Gasteiger partial charge on any atom is -0.505 e. The second-order valence-electron chi connectivity index (χ2n) is 9.48. The fourth-order valence-corrected chi connectivity index (χ4v) is 4.49. The summed E-state index contributed by atoms with van der Waals surface area (Å²) in [5.74, 6) is -1.58. The van der Waals surface area contributed by atoms with Crippen LogP contribution in [0.3, 0.4) is 0 Å². The molecular formula is C31H23FN4O5. The molecule has 0 spiro atoms. The van der Waals surface area contributed by atoms with Gasteiger partial charge in [-0.2, -0.15) is 5.26 Å². The minimum absolute atomic E-state index is 0.0442. The van der Waals surface area contributed by atoms with Crippen LogP contribution in [0, 0.1) is 17.1 Å². The highest BCUT2D eigenvalue weighted by molar-refractivity contribution is 5.97. The molecule has 0 atom stereocenters. The van der Waals surface area contributed by atoms with E-state index in [9.17, 15) is 24.7 Å². The summed E-state index contributed by atoms with van der Waals surface area (Å²) in [7, 11) is 0. The van der Waals surface area contributed by atoms with Crippen molar-refractivity contribution in [3.63, 3.8) is 0 Å². The number of benzene rings is 4. The van der Waals surface area contributed by atoms with Crippen molar-refractivity contribution in [2.75, 3.05) is 0 Å². The molecule has 5 aromatic rings. The van der Waals surface area contributed by atoms with Crippen LogP contribution >= 0.6 is 0 Å². The van der Waals surface area contributed by atoms with Gasteiger partial charge in [0, 0.05) is 16.6 Å². The van der Waals surface area contributed by atoms with E-state index in [1.54, 1.807) is 34.9 Å². The van der Waals surface area contributed by atoms with E-state index < -0.39 is 17.7 Å². The first-order chi connectivity index (χ1) is 19.7. The lowest BCUT2D eigenvalue weighted by Gasteiger charge is -2.10. The van der Waals surface area contributed by atoms with E-state index in [0.717, 1.165) is 17.7 Å². The van der Waals surface area contributed by atoms with Gasteiger partial charge in [-0.15, -0.1) is 10.2 Å². The number of nitriles is 1. The van der Waals surface area contributed by atoms with E-state index in [-0.39, 0.29) is 34.1 Å². The largest absolute Gasteiger partial charge is 0.511 e. The van der Waals surface area contributed by atoms with Crippen LogP contribution in [-0.4, -0.2) is 26.0 Å². The van der Waals surface area contributed by atoms with Crippen molar-refractivity contribution in [2.24, 2.45) is 10.2 Å². The molecule has 0 radical (unpaired) electrons. The Bertz CT molecular complexity index is 1870. The maximum atomic E-state index is 14.0. The Labute approximate surface area is 233 Å². The third-order valence-electron chi connectivity index (χ3n) is 6.58. The van der Waals surface area contributed by atoms with E-state index in [1.165, 1.54) is 12.1 Å². The van der Waals surface area contributed by atoms with Gasteiger partial charge in [-0.3, -0.25) is 4.57 Å². The fraction of sp³-hybridized carbons (Fsp3) is 0.0968. The average Bonchev–Trinajstić information content (AvgIpc) is 3.23. The van der Waals surface area contributed by atoms with Gasteiger partial charge in [0.25, 0.3) is 0 Å². The number of fused-ring (bicyclic) bond motifs is 1. The summed E-state index contributed by atoms with van der Waals surface area (Å²) in [6, 6.07) is 22.9. The standard InChI is InChI=1S/C31H23FN4O5/c1-17(2)19-7-10-21(11-8-19)36-26-14-18(16-33)6-12-23(26)28(30(36)38)35-34-25-5-3-4-22(29(25)37)20-9-13-24(32)27(15-20)41-31(39)40/h3-15,17,37-38H,1-2H3,(H,39,40). The molecule has 4 aromatic carbocycles. The van der Waals surface area contributed by atoms with E-state index in [4.69, 9.17) is 5.11 Å². The molecule has 0 aliphatic carbocycles. The predicted octanol–water partition coefficient (Wildman–Crippen LogP) is 8.32. The van der Waals surface area contributed by atoms with Crippen molar-refractivity contribution in [3.05, 3.63) is 95.8 Å². The zero-order chi connectivity index (χ0) is 29.3. The molecule has 0 aliphatic rings. The lowest BCUT2D eigenvalue weighted by molar-refractivity contribution is 0.142. The first-order valence-electron chi connectivity index (χ1n) is 12.5. The lowest BCUT2D eigenvalue weighted by atomic mass is 10.0. The van der Waals surface area contributed by atoms with Gasteiger partial charge in [-0.25, -0.2) is 9.18 Å². The minimum atomic E-state index is -1.68. The number of azo groups is 1. The second kappa shape index (κ2) is 10.8. The van der Waals surface area contributed by atoms with E-state index in [1.807, 2.05) is 24.3 Å². The first-order valence-corrected chi connectivity index (χ1v) is 12.5. The molecule has 0 saturated carbocycles. The van der Waals surface area contributed by atoms with Crippen LogP contribution in [0.1, 0.15) is 30.9 Å². The number of hydrogen-bond acceptors (Lipinski definition) is 7. The van der Waals surface area contributed by atoms with Gasteiger partial charge < -0.3 is 20.1 Å². The summed E-state index contributed by atoms with van der Waals surface area (Å²) in [6.45, 7) is 4.16. The number of aromatic nitrogens is 1. The summed E-state index contributed by atoms with van der Waals surface area (Å²) in [5.41, 5.74) is 3.41. The van der Waals surface area contributed by atoms with Gasteiger partial charge in [-0.1, -0.05) is 44.2 Å². The number of phenolic OH excluding ortho intramolecular Hbond substituents is 1. The Morgan fingerprint density at radius 1 is 1.00 bits per heavy atom. The van der Waals surface area contributed by atoms with Crippen LogP contribution in [0.2, 0.25) is 0 Å². The Balaban J connectivity index is 1.59. The summed E-state index contributed by atoms with van der Waals surface area (Å²) in [6.07, 6.45) is -1.68. The molecule has 0 bridgehead atoms. The average molecular weight is 551 g/mol. The summed E-state index contributed by atoms with van der Waals surface area (Å²) >= 11 is 0. The maximum Gasteiger partial charge on any atom is 0.511 e. The van der Waals surface area contributed by atoms with Crippen LogP contribution in [0.15, 0.2) is 89.1 Å². The van der Waals surface area contributed by atoms with Gasteiger partial charge in [0.15, 0.2) is 23.0 Å². The normalized spacial score (nSPS) is 11.3. The van der Waals surface area contributed by atoms with Crippen LogP contribution in [0.5, 0.6) is 17.4 Å². The van der Waals surface area contributed by atoms with Gasteiger partial charge in [0.05, 0.1) is 17.1 Å². The van der Waals surface area contributed by atoms with Crippen LogP contribution < -0.4 is 4.74 Å². The Morgan fingerprint density at radius 2 is 1.76 bits per heavy atom. The number of carboxylic acid groups (broad SMARTS) is 1. The zero-order valence-corrected chi connectivity index (χ0v) is 21.9. The van der Waals surface area contributed by atoms with Crippen LogP contribution in [0.25, 0.3) is 27.7 Å². The van der Waals surface area contributed by atoms with Crippen molar-refractivity contribution < 1.29 is 29.2 Å². The highest BCUT2D eigenvalue weighted by Crippen LogP contribution is 2.44. The SMILES string of the molecule is CC(C)c1ccc(-n2c(O)c(N=Nc3cccc(-c4ccc(F)c(OC(=O)O)c4)c3O)c3ccc(C#N)cc32)cc1. The van der Waals surface area contributed by atoms with Crippen molar-refractivity contribution in [2.45, 2.75) is 19.8 Å². The van der Waals surface area contributed by atoms with Crippen molar-refractivity contribution >= 4 is 28.4 Å². The van der Waals surface area contributed by atoms with Crippen LogP contribution in [0.4, 0.5) is 20.6 Å². The summed E-state index contributed by atoms with van der Waals surface area (Å²) < 4.78 is 20.1. The quantitative estimate of drug-likeness (QED) is 0.110. The number of phenols is 1. The monoisotopic (exact) mass is 550 g/mol. The Morgan fingerprint density at radius 3 is 2.44 bits per heavy atom. The van der Waals surface area contributed by atoms with Gasteiger partial charge in [0.1, 0.15) is 5.69 Å². The number of nitrogens with zero attached hydrogens (tertiary/aromatic N) is 4. The molecule has 10 heteroatoms. The highest BCUT2D eigenvalue weighted by atomic mass is 19.1. The number of aromatic hydroxyl groups is 2. The molecule has 1 aromatic heterocycles. The number of ether oxygens (including phenoxy) is 1. The number of rotatable bonds is 6. The molecule has 0 aliphatic heterocycles. The molecule has 0 amide bonds. The van der Waals surface area contributed by atoms with Crippen molar-refractivity contribution in [3.8, 4) is 40.3 Å². The summed E-state index contributed by atoms with van der Waals surface area (Å²) in [5, 5.41) is 49.5. The van der Waals surface area contributed by atoms with E-state index >= 15 is 0 Å². The molecule has 204 valence electrons. The second-order valence-corrected chi connectivity index (χ2v) is 9.48. The molecule has 0 unspecified atom stereocenters. The molecule has 41 heavy (non-hydrogen) atoms. The summed E-state index contributed by atoms with van der Waals surface area (Å²) in [4.78, 5) is 10.9. The van der Waals surface area contributed by atoms with E-state index in [2.05, 4.69) is 34.9 Å². The Kier molecular flexibility index (Phi) is 7.10. The van der Waals surface area contributed by atoms with Crippen molar-refractivity contribution in [1.29, 1.82) is 5.26 Å². The Hall–Kier alpha value is -5.69. The van der Waals surface area contributed by atoms with Gasteiger partial charge >= 0.3 is 6.16 Å². The van der Waals surface area contributed by atoms with Crippen molar-refractivity contribution in [1.82, 2.24) is 4.57 Å². The molecule has 3 N–H and O–H groups in total. The predicted molar refractivity (Wildman–Crippen MR) is 150 cm³/mol. The maximum absolute atomic E-state index is 14.0.